The van der Waals surface area contributed by atoms with Gasteiger partial charge in [0.05, 0.1) is 6.10 Å². The summed E-state index contributed by atoms with van der Waals surface area (Å²) in [5.74, 6) is 0.372. The van der Waals surface area contributed by atoms with Crippen molar-refractivity contribution in [3.63, 3.8) is 0 Å². The molecule has 1 fully saturated rings. The van der Waals surface area contributed by atoms with Crippen LogP contribution in [0.5, 0.6) is 0 Å². The Balaban J connectivity index is 1.99. The van der Waals surface area contributed by atoms with Crippen LogP contribution in [-0.2, 0) is 0 Å². The minimum atomic E-state index is -0.230. The smallest absolute Gasteiger partial charge is 0.123 e. The fourth-order valence-electron chi connectivity index (χ4n) is 2.64. The van der Waals surface area contributed by atoms with Gasteiger partial charge in [0.1, 0.15) is 5.82 Å². The highest BCUT2D eigenvalue weighted by molar-refractivity contribution is 5.20. The van der Waals surface area contributed by atoms with Gasteiger partial charge in [-0.2, -0.15) is 0 Å². The van der Waals surface area contributed by atoms with E-state index in [-0.39, 0.29) is 11.9 Å². The Morgan fingerprint density at radius 1 is 1.41 bits per heavy atom. The van der Waals surface area contributed by atoms with E-state index in [1.54, 1.807) is 0 Å². The quantitative estimate of drug-likeness (QED) is 0.847. The second-order valence-corrected chi connectivity index (χ2v) is 5.03. The van der Waals surface area contributed by atoms with Crippen LogP contribution >= 0.6 is 0 Å². The lowest BCUT2D eigenvalue weighted by Gasteiger charge is -2.31. The van der Waals surface area contributed by atoms with Gasteiger partial charge in [0, 0.05) is 6.04 Å². The number of aliphatic hydroxyl groups excluding tert-OH is 1. The minimum absolute atomic E-state index is 0.190. The molecule has 0 saturated carbocycles. The van der Waals surface area contributed by atoms with Crippen molar-refractivity contribution in [3.05, 3.63) is 35.6 Å². The normalized spacial score (nSPS) is 26.8. The molecule has 1 saturated heterocycles. The summed E-state index contributed by atoms with van der Waals surface area (Å²) in [4.78, 5) is 0. The fraction of sp³-hybridized carbons (Fsp3) is 0.571. The maximum atomic E-state index is 12.8. The maximum absolute atomic E-state index is 12.8. The zero-order valence-electron chi connectivity index (χ0n) is 10.2. The molecule has 1 aliphatic rings. The first kappa shape index (κ1) is 12.5. The standard InChI is InChI=1S/C14H20FNO/c1-10(17)8-11-6-7-16-14(9-11)12-2-4-13(15)5-3-12/h2-5,10-11,14,16-17H,6-9H2,1H3/t10?,11-,14-/m0/s1. The van der Waals surface area contributed by atoms with Crippen LogP contribution in [0.15, 0.2) is 24.3 Å². The molecular formula is C14H20FNO. The van der Waals surface area contributed by atoms with Crippen molar-refractivity contribution in [2.45, 2.75) is 38.3 Å². The molecule has 2 N–H and O–H groups in total. The Hall–Kier alpha value is -0.930. The van der Waals surface area contributed by atoms with Crippen molar-refractivity contribution < 1.29 is 9.50 Å². The Morgan fingerprint density at radius 3 is 2.76 bits per heavy atom. The van der Waals surface area contributed by atoms with Crippen LogP contribution in [-0.4, -0.2) is 17.8 Å². The van der Waals surface area contributed by atoms with E-state index in [0.29, 0.717) is 12.0 Å². The van der Waals surface area contributed by atoms with Crippen LogP contribution < -0.4 is 5.32 Å². The van der Waals surface area contributed by atoms with Crippen molar-refractivity contribution >= 4 is 0 Å². The molecule has 0 bridgehead atoms. The van der Waals surface area contributed by atoms with Gasteiger partial charge in [-0.15, -0.1) is 0 Å². The molecule has 0 aromatic heterocycles. The van der Waals surface area contributed by atoms with E-state index in [2.05, 4.69) is 5.32 Å². The van der Waals surface area contributed by atoms with E-state index in [9.17, 15) is 9.50 Å². The van der Waals surface area contributed by atoms with E-state index in [1.807, 2.05) is 19.1 Å². The number of aliphatic hydroxyl groups is 1. The summed E-state index contributed by atoms with van der Waals surface area (Å²) in [5, 5.41) is 12.9. The van der Waals surface area contributed by atoms with Crippen LogP contribution in [0.4, 0.5) is 4.39 Å². The number of rotatable bonds is 3. The SMILES string of the molecule is CC(O)C[C@@H]1CCN[C@H](c2ccc(F)cc2)C1. The Morgan fingerprint density at radius 2 is 2.12 bits per heavy atom. The monoisotopic (exact) mass is 237 g/mol. The van der Waals surface area contributed by atoms with Gasteiger partial charge < -0.3 is 10.4 Å². The number of nitrogens with one attached hydrogen (secondary N) is 1. The third-order valence-corrected chi connectivity index (χ3v) is 3.46. The number of halogens is 1. The average molecular weight is 237 g/mol. The largest absolute Gasteiger partial charge is 0.393 e. The molecule has 17 heavy (non-hydrogen) atoms. The van der Waals surface area contributed by atoms with Crippen LogP contribution in [0.2, 0.25) is 0 Å². The molecule has 94 valence electrons. The van der Waals surface area contributed by atoms with Gasteiger partial charge in [-0.3, -0.25) is 0 Å². The molecule has 2 nitrogen and oxygen atoms in total. The van der Waals surface area contributed by atoms with E-state index in [0.717, 1.165) is 31.4 Å². The molecule has 1 aliphatic heterocycles. The fourth-order valence-corrected chi connectivity index (χ4v) is 2.64. The van der Waals surface area contributed by atoms with Gasteiger partial charge in [-0.1, -0.05) is 12.1 Å². The van der Waals surface area contributed by atoms with E-state index in [1.165, 1.54) is 12.1 Å². The van der Waals surface area contributed by atoms with Gasteiger partial charge in [0.2, 0.25) is 0 Å². The molecule has 0 aliphatic carbocycles. The lowest BCUT2D eigenvalue weighted by Crippen LogP contribution is -2.32. The molecule has 1 unspecified atom stereocenters. The predicted molar refractivity (Wildman–Crippen MR) is 66.2 cm³/mol. The highest BCUT2D eigenvalue weighted by Crippen LogP contribution is 2.29. The van der Waals surface area contributed by atoms with Crippen molar-refractivity contribution in [1.82, 2.24) is 5.32 Å². The molecule has 3 heteroatoms. The zero-order valence-corrected chi connectivity index (χ0v) is 10.2. The first-order chi connectivity index (χ1) is 8.15. The predicted octanol–water partition coefficient (Wildman–Crippen LogP) is 2.64. The van der Waals surface area contributed by atoms with Crippen LogP contribution in [0.1, 0.15) is 37.8 Å². The van der Waals surface area contributed by atoms with Gasteiger partial charge in [-0.05, 0) is 56.3 Å². The third-order valence-electron chi connectivity index (χ3n) is 3.46. The van der Waals surface area contributed by atoms with E-state index >= 15 is 0 Å². The van der Waals surface area contributed by atoms with Crippen molar-refractivity contribution in [1.29, 1.82) is 0 Å². The molecule has 1 heterocycles. The summed E-state index contributed by atoms with van der Waals surface area (Å²) in [6, 6.07) is 7.01. The van der Waals surface area contributed by atoms with Crippen LogP contribution in [0.3, 0.4) is 0 Å². The highest BCUT2D eigenvalue weighted by atomic mass is 19.1. The Kier molecular flexibility index (Phi) is 4.13. The Labute approximate surface area is 102 Å². The molecule has 0 radical (unpaired) electrons. The number of hydrogen-bond acceptors (Lipinski definition) is 2. The summed E-state index contributed by atoms with van der Waals surface area (Å²) in [7, 11) is 0. The first-order valence-corrected chi connectivity index (χ1v) is 6.32. The molecule has 0 amide bonds. The van der Waals surface area contributed by atoms with Crippen LogP contribution in [0, 0.1) is 11.7 Å². The summed E-state index contributed by atoms with van der Waals surface area (Å²) in [5.41, 5.74) is 1.14. The van der Waals surface area contributed by atoms with Gasteiger partial charge >= 0.3 is 0 Å². The third kappa shape index (κ3) is 3.51. The maximum Gasteiger partial charge on any atom is 0.123 e. The molecular weight excluding hydrogens is 217 g/mol. The first-order valence-electron chi connectivity index (χ1n) is 6.32. The second-order valence-electron chi connectivity index (χ2n) is 5.03. The lowest BCUT2D eigenvalue weighted by atomic mass is 9.85. The van der Waals surface area contributed by atoms with Crippen LogP contribution in [0.25, 0.3) is 0 Å². The van der Waals surface area contributed by atoms with Crippen molar-refractivity contribution in [2.24, 2.45) is 5.92 Å². The zero-order chi connectivity index (χ0) is 12.3. The lowest BCUT2D eigenvalue weighted by molar-refractivity contribution is 0.141. The number of benzene rings is 1. The Bertz CT molecular complexity index is 350. The van der Waals surface area contributed by atoms with E-state index in [4.69, 9.17) is 0 Å². The molecule has 1 aromatic carbocycles. The van der Waals surface area contributed by atoms with Gasteiger partial charge in [0.25, 0.3) is 0 Å². The number of hydrogen-bond donors (Lipinski definition) is 2. The van der Waals surface area contributed by atoms with Gasteiger partial charge in [-0.25, -0.2) is 4.39 Å². The summed E-state index contributed by atoms with van der Waals surface area (Å²) < 4.78 is 12.8. The number of piperidine rings is 1. The van der Waals surface area contributed by atoms with Gasteiger partial charge in [0.15, 0.2) is 0 Å². The highest BCUT2D eigenvalue weighted by Gasteiger charge is 2.23. The summed E-state index contributed by atoms with van der Waals surface area (Å²) >= 11 is 0. The van der Waals surface area contributed by atoms with Crippen molar-refractivity contribution in [2.75, 3.05) is 6.54 Å². The average Bonchev–Trinajstić information content (AvgIpc) is 2.29. The molecule has 2 rings (SSSR count). The van der Waals surface area contributed by atoms with E-state index < -0.39 is 0 Å². The van der Waals surface area contributed by atoms with Crippen molar-refractivity contribution in [3.8, 4) is 0 Å². The molecule has 1 aromatic rings. The molecule has 0 spiro atoms. The minimum Gasteiger partial charge on any atom is -0.393 e. The summed E-state index contributed by atoms with van der Waals surface area (Å²) in [6.07, 6.45) is 2.77. The topological polar surface area (TPSA) is 32.3 Å². The summed E-state index contributed by atoms with van der Waals surface area (Å²) in [6.45, 7) is 2.81. The second kappa shape index (κ2) is 5.61. The molecule has 3 atom stereocenters.